The summed E-state index contributed by atoms with van der Waals surface area (Å²) in [4.78, 5) is 44.7. The number of nitrogens with zero attached hydrogens (tertiary/aromatic N) is 2. The van der Waals surface area contributed by atoms with Crippen LogP contribution in [0.15, 0.2) is 34.0 Å². The summed E-state index contributed by atoms with van der Waals surface area (Å²) in [5, 5.41) is 12.7. The second-order valence-corrected chi connectivity index (χ2v) is 8.24. The van der Waals surface area contributed by atoms with Crippen molar-refractivity contribution < 1.29 is 9.53 Å². The molecule has 0 radical (unpaired) electrons. The molecule has 0 bridgehead atoms. The third-order valence-electron chi connectivity index (χ3n) is 4.26. The number of carbonyl (C=O) groups excluding carboxylic acids is 1. The molecule has 0 saturated carbocycles. The highest BCUT2D eigenvalue weighted by molar-refractivity contribution is 7.17. The number of ether oxygens (including phenoxy) is 1. The van der Waals surface area contributed by atoms with Gasteiger partial charge >= 0.3 is 5.69 Å². The van der Waals surface area contributed by atoms with E-state index in [4.69, 9.17) is 4.74 Å². The van der Waals surface area contributed by atoms with Crippen LogP contribution in [0.4, 0.5) is 0 Å². The fourth-order valence-electron chi connectivity index (χ4n) is 2.69. The van der Waals surface area contributed by atoms with Gasteiger partial charge < -0.3 is 15.0 Å². The maximum absolute atomic E-state index is 12.6. The van der Waals surface area contributed by atoms with E-state index in [1.807, 2.05) is 13.8 Å². The zero-order valence-corrected chi connectivity index (χ0v) is 18.1. The first-order chi connectivity index (χ1) is 14.8. The summed E-state index contributed by atoms with van der Waals surface area (Å²) >= 11 is 1.19. The van der Waals surface area contributed by atoms with Crippen LogP contribution in [-0.2, 0) is 6.54 Å². The number of H-pyrrole nitrogens is 2. The molecule has 1 amide bonds. The Balaban J connectivity index is 1.78. The van der Waals surface area contributed by atoms with Crippen LogP contribution in [-0.4, -0.2) is 27.5 Å². The molecule has 0 atom stereocenters. The van der Waals surface area contributed by atoms with Gasteiger partial charge in [0, 0.05) is 11.8 Å². The van der Waals surface area contributed by atoms with Crippen LogP contribution in [0, 0.1) is 24.2 Å². The highest BCUT2D eigenvalue weighted by Gasteiger charge is 2.18. The molecule has 2 heterocycles. The van der Waals surface area contributed by atoms with Gasteiger partial charge in [-0.3, -0.25) is 14.6 Å². The van der Waals surface area contributed by atoms with Crippen molar-refractivity contribution in [3.63, 3.8) is 0 Å². The summed E-state index contributed by atoms with van der Waals surface area (Å²) in [5.74, 6) is 0.460. The molecule has 0 aliphatic heterocycles. The average Bonchev–Trinajstić information content (AvgIpc) is 3.13. The molecule has 0 spiro atoms. The summed E-state index contributed by atoms with van der Waals surface area (Å²) in [7, 11) is 0. The lowest BCUT2D eigenvalue weighted by Crippen LogP contribution is -2.30. The normalized spacial score (nSPS) is 10.7. The molecule has 0 unspecified atom stereocenters. The Hall–Kier alpha value is -3.71. The van der Waals surface area contributed by atoms with Gasteiger partial charge in [-0.15, -0.1) is 11.3 Å². The summed E-state index contributed by atoms with van der Waals surface area (Å²) in [5.41, 5.74) is 0.694. The van der Waals surface area contributed by atoms with E-state index in [1.54, 1.807) is 25.1 Å². The topological polar surface area (TPSA) is 141 Å². The van der Waals surface area contributed by atoms with E-state index in [9.17, 15) is 19.6 Å². The number of nitriles is 1. The number of hydrogen-bond acceptors (Lipinski definition) is 7. The summed E-state index contributed by atoms with van der Waals surface area (Å²) in [6.45, 7) is 6.23. The molecule has 160 valence electrons. The standard InChI is InChI=1S/C21H21N5O4S/c1-11(2)10-30-16-5-4-13(6-14(16)7-22)20-25-12(3)17(31-20)19(28)23-8-15-9-24-21(29)26-18(15)27/h4-6,9,11H,8,10H2,1-3H3,(H,23,28)(H2,24,26,27,29). The predicted molar refractivity (Wildman–Crippen MR) is 116 cm³/mol. The molecule has 0 saturated heterocycles. The minimum atomic E-state index is -0.611. The average molecular weight is 439 g/mol. The molecule has 31 heavy (non-hydrogen) atoms. The van der Waals surface area contributed by atoms with Gasteiger partial charge in [0.05, 0.1) is 30.0 Å². The van der Waals surface area contributed by atoms with Crippen LogP contribution < -0.4 is 21.3 Å². The first kappa shape index (κ1) is 22.0. The van der Waals surface area contributed by atoms with Crippen molar-refractivity contribution in [2.75, 3.05) is 6.61 Å². The molecule has 9 nitrogen and oxygen atoms in total. The molecular formula is C21H21N5O4S. The van der Waals surface area contributed by atoms with Gasteiger partial charge in [-0.25, -0.2) is 9.78 Å². The molecule has 10 heteroatoms. The lowest BCUT2D eigenvalue weighted by atomic mass is 10.1. The van der Waals surface area contributed by atoms with E-state index in [1.165, 1.54) is 17.5 Å². The Morgan fingerprint density at radius 1 is 1.35 bits per heavy atom. The third-order valence-corrected chi connectivity index (χ3v) is 5.46. The Kier molecular flexibility index (Phi) is 6.67. The molecule has 0 aliphatic rings. The quantitative estimate of drug-likeness (QED) is 0.516. The first-order valence-electron chi connectivity index (χ1n) is 9.52. The van der Waals surface area contributed by atoms with Crippen molar-refractivity contribution in [2.45, 2.75) is 27.3 Å². The Morgan fingerprint density at radius 3 is 2.81 bits per heavy atom. The monoisotopic (exact) mass is 439 g/mol. The van der Waals surface area contributed by atoms with Crippen LogP contribution in [0.2, 0.25) is 0 Å². The number of benzene rings is 1. The molecular weight excluding hydrogens is 418 g/mol. The van der Waals surface area contributed by atoms with Crippen molar-refractivity contribution in [3.8, 4) is 22.4 Å². The van der Waals surface area contributed by atoms with Crippen LogP contribution in [0.3, 0.4) is 0 Å². The SMILES string of the molecule is Cc1nc(-c2ccc(OCC(C)C)c(C#N)c2)sc1C(=O)NCc1c[nH]c(=O)[nH]c1=O. The van der Waals surface area contributed by atoms with Crippen LogP contribution in [0.25, 0.3) is 10.6 Å². The van der Waals surface area contributed by atoms with Crippen molar-refractivity contribution >= 4 is 17.2 Å². The van der Waals surface area contributed by atoms with E-state index in [-0.39, 0.29) is 18.0 Å². The van der Waals surface area contributed by atoms with Crippen molar-refractivity contribution in [1.29, 1.82) is 5.26 Å². The molecule has 3 aromatic rings. The fraction of sp³-hybridized carbons (Fsp3) is 0.286. The van der Waals surface area contributed by atoms with Crippen molar-refractivity contribution in [3.05, 3.63) is 66.9 Å². The van der Waals surface area contributed by atoms with Gasteiger partial charge in [-0.05, 0) is 31.0 Å². The van der Waals surface area contributed by atoms with Crippen molar-refractivity contribution in [2.24, 2.45) is 5.92 Å². The van der Waals surface area contributed by atoms with E-state index >= 15 is 0 Å². The third kappa shape index (κ3) is 5.26. The maximum Gasteiger partial charge on any atom is 0.325 e. The van der Waals surface area contributed by atoms with E-state index in [0.29, 0.717) is 45.0 Å². The number of amides is 1. The highest BCUT2D eigenvalue weighted by Crippen LogP contribution is 2.31. The Morgan fingerprint density at radius 2 is 2.13 bits per heavy atom. The zero-order valence-electron chi connectivity index (χ0n) is 17.2. The van der Waals surface area contributed by atoms with Gasteiger partial charge in [-0.2, -0.15) is 5.26 Å². The van der Waals surface area contributed by atoms with Crippen molar-refractivity contribution in [1.82, 2.24) is 20.3 Å². The largest absolute Gasteiger partial charge is 0.492 e. The second kappa shape index (κ2) is 9.40. The summed E-state index contributed by atoms with van der Waals surface area (Å²) in [6, 6.07) is 7.36. The number of nitrogens with one attached hydrogen (secondary N) is 3. The number of carbonyl (C=O) groups is 1. The summed E-state index contributed by atoms with van der Waals surface area (Å²) < 4.78 is 5.68. The smallest absolute Gasteiger partial charge is 0.325 e. The molecule has 3 rings (SSSR count). The first-order valence-corrected chi connectivity index (χ1v) is 10.3. The summed E-state index contributed by atoms with van der Waals surface area (Å²) in [6.07, 6.45) is 1.26. The molecule has 2 aromatic heterocycles. The van der Waals surface area contributed by atoms with Crippen LogP contribution in [0.1, 0.15) is 40.3 Å². The fourth-order valence-corrected chi connectivity index (χ4v) is 3.67. The predicted octanol–water partition coefficient (Wildman–Crippen LogP) is 2.33. The molecule has 1 aromatic carbocycles. The number of thiazole rings is 1. The van der Waals surface area contributed by atoms with E-state index < -0.39 is 11.2 Å². The number of aryl methyl sites for hydroxylation is 1. The molecule has 0 fully saturated rings. The Labute approximate surface area is 181 Å². The van der Waals surface area contributed by atoms with Gasteiger partial charge in [0.15, 0.2) is 0 Å². The van der Waals surface area contributed by atoms with Crippen LogP contribution >= 0.6 is 11.3 Å². The lowest BCUT2D eigenvalue weighted by molar-refractivity contribution is 0.0954. The van der Waals surface area contributed by atoms with E-state index in [0.717, 1.165) is 0 Å². The molecule has 3 N–H and O–H groups in total. The number of hydrogen-bond donors (Lipinski definition) is 3. The highest BCUT2D eigenvalue weighted by atomic mass is 32.1. The van der Waals surface area contributed by atoms with Gasteiger partial charge in [-0.1, -0.05) is 13.8 Å². The maximum atomic E-state index is 12.6. The number of aromatic amines is 2. The van der Waals surface area contributed by atoms with Crippen LogP contribution in [0.5, 0.6) is 5.75 Å². The zero-order chi connectivity index (χ0) is 22.5. The number of aromatic nitrogens is 3. The minimum Gasteiger partial charge on any atom is -0.492 e. The number of rotatable bonds is 7. The second-order valence-electron chi connectivity index (χ2n) is 7.24. The Bertz CT molecular complexity index is 1270. The van der Waals surface area contributed by atoms with E-state index in [2.05, 4.69) is 26.3 Å². The van der Waals surface area contributed by atoms with Gasteiger partial charge in [0.2, 0.25) is 0 Å². The minimum absolute atomic E-state index is 0.0436. The molecule has 0 aliphatic carbocycles. The lowest BCUT2D eigenvalue weighted by Gasteiger charge is -2.10. The van der Waals surface area contributed by atoms with Gasteiger partial charge in [0.25, 0.3) is 11.5 Å². The van der Waals surface area contributed by atoms with Gasteiger partial charge in [0.1, 0.15) is 21.7 Å².